The van der Waals surface area contributed by atoms with Crippen molar-refractivity contribution in [2.45, 2.75) is 32.6 Å². The highest BCUT2D eigenvalue weighted by Crippen LogP contribution is 2.28. The molecule has 1 aliphatic rings. The molecule has 1 aliphatic carbocycles. The summed E-state index contributed by atoms with van der Waals surface area (Å²) in [5.74, 6) is 0.947. The Balaban J connectivity index is 1.59. The molecule has 2 aromatic carbocycles. The third-order valence-corrected chi connectivity index (χ3v) is 5.60. The number of carbonyl (C=O) groups excluding carboxylic acids is 1. The first-order valence-corrected chi connectivity index (χ1v) is 10.7. The van der Waals surface area contributed by atoms with Crippen LogP contribution in [-0.4, -0.2) is 41.0 Å². The number of methoxy groups -OCH3 is 1. The monoisotopic (exact) mass is 420 g/mol. The van der Waals surface area contributed by atoms with Gasteiger partial charge in [-0.2, -0.15) is 4.98 Å². The predicted molar refractivity (Wildman–Crippen MR) is 119 cm³/mol. The minimum Gasteiger partial charge on any atom is -0.460 e. The highest BCUT2D eigenvalue weighted by molar-refractivity contribution is 5.92. The van der Waals surface area contributed by atoms with Gasteiger partial charge in [0.15, 0.2) is 5.82 Å². The Bertz CT molecular complexity index is 1020. The van der Waals surface area contributed by atoms with Gasteiger partial charge in [0, 0.05) is 24.3 Å². The van der Waals surface area contributed by atoms with Gasteiger partial charge in [0.2, 0.25) is 5.91 Å². The van der Waals surface area contributed by atoms with E-state index in [0.717, 1.165) is 48.2 Å². The lowest BCUT2D eigenvalue weighted by molar-refractivity contribution is -0.119. The Morgan fingerprint density at radius 3 is 2.55 bits per heavy atom. The van der Waals surface area contributed by atoms with Crippen LogP contribution in [0.4, 0.5) is 5.69 Å². The van der Waals surface area contributed by atoms with Crippen LogP contribution in [0.5, 0.6) is 6.01 Å². The SMILES string of the molecule is COCCOc1nc(-c2ccccc2C)n(-c2ccc(NC(=O)C3CCCC3)cc2)n1. The molecule has 0 unspecified atom stereocenters. The first-order chi connectivity index (χ1) is 15.2. The number of nitrogens with zero attached hydrogens (tertiary/aromatic N) is 3. The summed E-state index contributed by atoms with van der Waals surface area (Å²) in [5.41, 5.74) is 3.70. The lowest BCUT2D eigenvalue weighted by Crippen LogP contribution is -2.20. The van der Waals surface area contributed by atoms with Gasteiger partial charge in [-0.05, 0) is 49.6 Å². The van der Waals surface area contributed by atoms with Crippen LogP contribution in [0.2, 0.25) is 0 Å². The predicted octanol–water partition coefficient (Wildman–Crippen LogP) is 4.40. The van der Waals surface area contributed by atoms with E-state index in [2.05, 4.69) is 15.4 Å². The zero-order valence-corrected chi connectivity index (χ0v) is 18.0. The molecule has 162 valence electrons. The molecule has 3 aromatic rings. The molecular weight excluding hydrogens is 392 g/mol. The van der Waals surface area contributed by atoms with Crippen LogP contribution in [0.15, 0.2) is 48.5 Å². The van der Waals surface area contributed by atoms with Crippen LogP contribution in [0.25, 0.3) is 17.1 Å². The summed E-state index contributed by atoms with van der Waals surface area (Å²) < 4.78 is 12.5. The van der Waals surface area contributed by atoms with E-state index < -0.39 is 0 Å². The number of benzene rings is 2. The maximum Gasteiger partial charge on any atom is 0.336 e. The van der Waals surface area contributed by atoms with Crippen LogP contribution in [0, 0.1) is 12.8 Å². The van der Waals surface area contributed by atoms with Crippen molar-refractivity contribution in [1.82, 2.24) is 14.8 Å². The molecule has 7 heteroatoms. The zero-order valence-electron chi connectivity index (χ0n) is 18.0. The second kappa shape index (κ2) is 9.75. The number of rotatable bonds is 8. The molecule has 0 radical (unpaired) electrons. The third-order valence-electron chi connectivity index (χ3n) is 5.60. The topological polar surface area (TPSA) is 78.3 Å². The fourth-order valence-corrected chi connectivity index (χ4v) is 3.87. The van der Waals surface area contributed by atoms with E-state index in [4.69, 9.17) is 9.47 Å². The third kappa shape index (κ3) is 4.94. The van der Waals surface area contributed by atoms with E-state index in [1.807, 2.05) is 55.5 Å². The first kappa shape index (κ1) is 21.1. The standard InChI is InChI=1S/C24H28N4O3/c1-17-7-3-6-10-21(17)22-26-24(31-16-15-30-2)27-28(22)20-13-11-19(12-14-20)25-23(29)18-8-4-5-9-18/h3,6-7,10-14,18H,4-5,8-9,15-16H2,1-2H3,(H,25,29). The molecule has 4 rings (SSSR count). The van der Waals surface area contributed by atoms with Crippen molar-refractivity contribution < 1.29 is 14.3 Å². The summed E-state index contributed by atoms with van der Waals surface area (Å²) in [7, 11) is 1.63. The van der Waals surface area contributed by atoms with Gasteiger partial charge in [0.1, 0.15) is 6.61 Å². The molecule has 0 aliphatic heterocycles. The summed E-state index contributed by atoms with van der Waals surface area (Å²) in [5, 5.41) is 7.60. The summed E-state index contributed by atoms with van der Waals surface area (Å²) >= 11 is 0. The molecule has 1 fully saturated rings. The van der Waals surface area contributed by atoms with Gasteiger partial charge in [-0.3, -0.25) is 4.79 Å². The van der Waals surface area contributed by atoms with Crippen molar-refractivity contribution in [3.8, 4) is 23.1 Å². The fourth-order valence-electron chi connectivity index (χ4n) is 3.87. The Morgan fingerprint density at radius 2 is 1.84 bits per heavy atom. The molecule has 1 amide bonds. The minimum atomic E-state index is 0.112. The summed E-state index contributed by atoms with van der Waals surface area (Å²) in [6, 6.07) is 16.0. The number of hydrogen-bond acceptors (Lipinski definition) is 5. The molecule has 0 saturated heterocycles. The Labute approximate surface area is 182 Å². The summed E-state index contributed by atoms with van der Waals surface area (Å²) in [4.78, 5) is 17.0. The molecule has 0 atom stereocenters. The number of amides is 1. The van der Waals surface area contributed by atoms with Gasteiger partial charge in [0.25, 0.3) is 0 Å². The van der Waals surface area contributed by atoms with Crippen LogP contribution >= 0.6 is 0 Å². The van der Waals surface area contributed by atoms with E-state index in [1.54, 1.807) is 11.8 Å². The van der Waals surface area contributed by atoms with Gasteiger partial charge in [-0.1, -0.05) is 37.1 Å². The van der Waals surface area contributed by atoms with Crippen LogP contribution < -0.4 is 10.1 Å². The van der Waals surface area contributed by atoms with Gasteiger partial charge in [-0.25, -0.2) is 4.68 Å². The number of aryl methyl sites for hydroxylation is 1. The molecule has 0 spiro atoms. The van der Waals surface area contributed by atoms with Gasteiger partial charge < -0.3 is 14.8 Å². The minimum absolute atomic E-state index is 0.112. The van der Waals surface area contributed by atoms with E-state index in [9.17, 15) is 4.79 Å². The van der Waals surface area contributed by atoms with Crippen molar-refractivity contribution >= 4 is 11.6 Å². The highest BCUT2D eigenvalue weighted by Gasteiger charge is 2.22. The first-order valence-electron chi connectivity index (χ1n) is 10.7. The maximum absolute atomic E-state index is 12.4. The highest BCUT2D eigenvalue weighted by atomic mass is 16.5. The number of ether oxygens (including phenoxy) is 2. The van der Waals surface area contributed by atoms with Crippen molar-refractivity contribution in [3.05, 3.63) is 54.1 Å². The van der Waals surface area contributed by atoms with Crippen LogP contribution in [-0.2, 0) is 9.53 Å². The normalized spacial score (nSPS) is 14.0. The van der Waals surface area contributed by atoms with Gasteiger partial charge in [0.05, 0.1) is 12.3 Å². The van der Waals surface area contributed by atoms with E-state index in [0.29, 0.717) is 25.0 Å². The van der Waals surface area contributed by atoms with Gasteiger partial charge in [-0.15, -0.1) is 5.10 Å². The van der Waals surface area contributed by atoms with E-state index >= 15 is 0 Å². The second-order valence-corrected chi connectivity index (χ2v) is 7.80. The average Bonchev–Trinajstić information content (AvgIpc) is 3.45. The van der Waals surface area contributed by atoms with Crippen LogP contribution in [0.1, 0.15) is 31.2 Å². The van der Waals surface area contributed by atoms with Gasteiger partial charge >= 0.3 is 6.01 Å². The van der Waals surface area contributed by atoms with Crippen LogP contribution in [0.3, 0.4) is 0 Å². The number of nitrogens with one attached hydrogen (secondary N) is 1. The molecule has 31 heavy (non-hydrogen) atoms. The lowest BCUT2D eigenvalue weighted by atomic mass is 10.1. The Morgan fingerprint density at radius 1 is 1.10 bits per heavy atom. The molecule has 1 saturated carbocycles. The smallest absolute Gasteiger partial charge is 0.336 e. The Hall–Kier alpha value is -3.19. The van der Waals surface area contributed by atoms with Crippen molar-refractivity contribution in [2.24, 2.45) is 5.92 Å². The largest absolute Gasteiger partial charge is 0.460 e. The molecule has 7 nitrogen and oxygen atoms in total. The zero-order chi connectivity index (χ0) is 21.6. The number of aromatic nitrogens is 3. The number of carbonyl (C=O) groups is 1. The molecule has 1 N–H and O–H groups in total. The second-order valence-electron chi connectivity index (χ2n) is 7.80. The maximum atomic E-state index is 12.4. The summed E-state index contributed by atoms with van der Waals surface area (Å²) in [6.45, 7) is 2.88. The van der Waals surface area contributed by atoms with E-state index in [-0.39, 0.29) is 11.8 Å². The quantitative estimate of drug-likeness (QED) is 0.547. The molecule has 0 bridgehead atoms. The van der Waals surface area contributed by atoms with Crippen molar-refractivity contribution in [2.75, 3.05) is 25.6 Å². The Kier molecular flexibility index (Phi) is 6.62. The van der Waals surface area contributed by atoms with Crippen molar-refractivity contribution in [3.63, 3.8) is 0 Å². The lowest BCUT2D eigenvalue weighted by Gasteiger charge is -2.12. The van der Waals surface area contributed by atoms with E-state index in [1.165, 1.54) is 0 Å². The summed E-state index contributed by atoms with van der Waals surface area (Å²) in [6.07, 6.45) is 4.24. The number of anilines is 1. The average molecular weight is 421 g/mol. The fraction of sp³-hybridized carbons (Fsp3) is 0.375. The molecular formula is C24H28N4O3. The van der Waals surface area contributed by atoms with Crippen molar-refractivity contribution in [1.29, 1.82) is 0 Å². The molecule has 1 aromatic heterocycles. The molecule has 1 heterocycles. The number of hydrogen-bond donors (Lipinski definition) is 1.